The van der Waals surface area contributed by atoms with Crippen molar-refractivity contribution in [3.8, 4) is 11.5 Å². The predicted molar refractivity (Wildman–Crippen MR) is 96.0 cm³/mol. The zero-order valence-electron chi connectivity index (χ0n) is 13.8. The van der Waals surface area contributed by atoms with E-state index in [2.05, 4.69) is 20.3 Å². The highest BCUT2D eigenvalue weighted by Gasteiger charge is 2.33. The number of rotatable bonds is 4. The Bertz CT molecular complexity index is 898. The molecule has 0 atom stereocenters. The molecular formula is C19H20N4O2. The number of anilines is 1. The summed E-state index contributed by atoms with van der Waals surface area (Å²) < 4.78 is 0. The highest BCUT2D eigenvalue weighted by atomic mass is 16.3. The van der Waals surface area contributed by atoms with Crippen molar-refractivity contribution in [2.24, 2.45) is 0 Å². The molecule has 1 aromatic carbocycles. The van der Waals surface area contributed by atoms with Crippen LogP contribution in [0.5, 0.6) is 0 Å². The minimum absolute atomic E-state index is 0.146. The molecule has 0 unspecified atom stereocenters. The van der Waals surface area contributed by atoms with E-state index in [-0.39, 0.29) is 12.3 Å². The van der Waals surface area contributed by atoms with Crippen LogP contribution in [0, 0.1) is 0 Å². The molecule has 0 bridgehead atoms. The van der Waals surface area contributed by atoms with Gasteiger partial charge in [0, 0.05) is 11.9 Å². The molecule has 0 aliphatic heterocycles. The number of imidazole rings is 1. The molecule has 2 aromatic heterocycles. The standard InChI is InChI=1S/C19H20N4O2/c24-17(12-19(25)8-2-3-9-19)21-13-6-7-14-16(11-13)23-18(22-14)15-5-1-4-10-20-15/h1,4-7,10-11,25H,2-3,8-9,12H2,(H,21,24)(H,22,23). The number of nitrogens with one attached hydrogen (secondary N) is 2. The van der Waals surface area contributed by atoms with E-state index in [4.69, 9.17) is 0 Å². The zero-order chi connectivity index (χ0) is 17.3. The van der Waals surface area contributed by atoms with Gasteiger partial charge in [-0.2, -0.15) is 0 Å². The minimum atomic E-state index is -0.839. The number of carbonyl (C=O) groups is 1. The number of pyridine rings is 1. The lowest BCUT2D eigenvalue weighted by Crippen LogP contribution is -2.30. The van der Waals surface area contributed by atoms with E-state index in [1.165, 1.54) is 0 Å². The lowest BCUT2D eigenvalue weighted by atomic mass is 9.97. The van der Waals surface area contributed by atoms with Crippen molar-refractivity contribution in [1.82, 2.24) is 15.0 Å². The second-order valence-corrected chi connectivity index (χ2v) is 6.69. The fraction of sp³-hybridized carbons (Fsp3) is 0.316. The van der Waals surface area contributed by atoms with Crippen molar-refractivity contribution in [2.45, 2.75) is 37.7 Å². The monoisotopic (exact) mass is 336 g/mol. The fourth-order valence-electron chi connectivity index (χ4n) is 3.43. The molecule has 1 aliphatic carbocycles. The van der Waals surface area contributed by atoms with Crippen molar-refractivity contribution in [1.29, 1.82) is 0 Å². The molecule has 2 heterocycles. The van der Waals surface area contributed by atoms with Gasteiger partial charge in [-0.25, -0.2) is 4.98 Å². The molecule has 0 saturated heterocycles. The van der Waals surface area contributed by atoms with Gasteiger partial charge in [-0.3, -0.25) is 9.78 Å². The Kier molecular flexibility index (Phi) is 3.97. The van der Waals surface area contributed by atoms with Gasteiger partial charge in [0.15, 0.2) is 5.82 Å². The third kappa shape index (κ3) is 3.39. The summed E-state index contributed by atoms with van der Waals surface area (Å²) in [6, 6.07) is 11.2. The summed E-state index contributed by atoms with van der Waals surface area (Å²) in [5.74, 6) is 0.535. The highest BCUT2D eigenvalue weighted by Crippen LogP contribution is 2.32. The first-order chi connectivity index (χ1) is 12.1. The number of fused-ring (bicyclic) bond motifs is 1. The van der Waals surface area contributed by atoms with Gasteiger partial charge in [0.2, 0.25) is 5.91 Å². The van der Waals surface area contributed by atoms with E-state index in [1.54, 1.807) is 6.20 Å². The number of carbonyl (C=O) groups excluding carboxylic acids is 1. The molecule has 128 valence electrons. The maximum Gasteiger partial charge on any atom is 0.227 e. The zero-order valence-corrected chi connectivity index (χ0v) is 13.8. The third-order valence-electron chi connectivity index (χ3n) is 4.70. The average Bonchev–Trinajstić information content (AvgIpc) is 3.21. The van der Waals surface area contributed by atoms with Crippen LogP contribution in [0.2, 0.25) is 0 Å². The van der Waals surface area contributed by atoms with Crippen LogP contribution < -0.4 is 5.32 Å². The smallest absolute Gasteiger partial charge is 0.227 e. The number of nitrogens with zero attached hydrogens (tertiary/aromatic N) is 2. The molecule has 1 aliphatic rings. The molecule has 25 heavy (non-hydrogen) atoms. The van der Waals surface area contributed by atoms with E-state index in [9.17, 15) is 9.90 Å². The Morgan fingerprint density at radius 1 is 1.24 bits per heavy atom. The van der Waals surface area contributed by atoms with Gasteiger partial charge in [-0.1, -0.05) is 18.9 Å². The van der Waals surface area contributed by atoms with Crippen LogP contribution in [-0.2, 0) is 4.79 Å². The first kappa shape index (κ1) is 15.8. The molecule has 1 fully saturated rings. The maximum atomic E-state index is 12.2. The Labute approximate surface area is 145 Å². The first-order valence-corrected chi connectivity index (χ1v) is 8.55. The second-order valence-electron chi connectivity index (χ2n) is 6.69. The first-order valence-electron chi connectivity index (χ1n) is 8.55. The molecular weight excluding hydrogens is 316 g/mol. The van der Waals surface area contributed by atoms with E-state index in [0.717, 1.165) is 29.6 Å². The van der Waals surface area contributed by atoms with Gasteiger partial charge in [-0.05, 0) is 43.2 Å². The summed E-state index contributed by atoms with van der Waals surface area (Å²) in [6.45, 7) is 0. The third-order valence-corrected chi connectivity index (χ3v) is 4.70. The van der Waals surface area contributed by atoms with E-state index < -0.39 is 5.60 Å². The molecule has 1 amide bonds. The SMILES string of the molecule is O=C(CC1(O)CCCC1)Nc1ccc2nc(-c3ccccn3)[nH]c2c1. The van der Waals surface area contributed by atoms with E-state index >= 15 is 0 Å². The average molecular weight is 336 g/mol. The largest absolute Gasteiger partial charge is 0.389 e. The van der Waals surface area contributed by atoms with Gasteiger partial charge >= 0.3 is 0 Å². The fourth-order valence-corrected chi connectivity index (χ4v) is 3.43. The van der Waals surface area contributed by atoms with Gasteiger partial charge in [0.25, 0.3) is 0 Å². The quantitative estimate of drug-likeness (QED) is 0.682. The molecule has 0 radical (unpaired) electrons. The van der Waals surface area contributed by atoms with Gasteiger partial charge in [-0.15, -0.1) is 0 Å². The lowest BCUT2D eigenvalue weighted by molar-refractivity contribution is -0.120. The van der Waals surface area contributed by atoms with Crippen molar-refractivity contribution < 1.29 is 9.90 Å². The van der Waals surface area contributed by atoms with Crippen LogP contribution in [0.4, 0.5) is 5.69 Å². The molecule has 1 saturated carbocycles. The van der Waals surface area contributed by atoms with Crippen molar-refractivity contribution in [2.75, 3.05) is 5.32 Å². The Balaban J connectivity index is 1.52. The summed E-state index contributed by atoms with van der Waals surface area (Å²) in [7, 11) is 0. The summed E-state index contributed by atoms with van der Waals surface area (Å²) in [5.41, 5.74) is 2.27. The number of hydrogen-bond donors (Lipinski definition) is 3. The molecule has 3 N–H and O–H groups in total. The topological polar surface area (TPSA) is 90.9 Å². The lowest BCUT2D eigenvalue weighted by Gasteiger charge is -2.21. The molecule has 6 heteroatoms. The maximum absolute atomic E-state index is 12.2. The van der Waals surface area contributed by atoms with Gasteiger partial charge < -0.3 is 15.4 Å². The van der Waals surface area contributed by atoms with E-state index in [1.807, 2.05) is 36.4 Å². The van der Waals surface area contributed by atoms with Crippen LogP contribution in [-0.4, -0.2) is 31.6 Å². The second kappa shape index (κ2) is 6.29. The normalized spacial score (nSPS) is 16.2. The van der Waals surface area contributed by atoms with Crippen molar-refractivity contribution in [3.63, 3.8) is 0 Å². The Hall–Kier alpha value is -2.73. The van der Waals surface area contributed by atoms with E-state index in [0.29, 0.717) is 24.4 Å². The number of benzene rings is 1. The number of H-pyrrole nitrogens is 1. The number of hydrogen-bond acceptors (Lipinski definition) is 4. The highest BCUT2D eigenvalue weighted by molar-refractivity contribution is 5.94. The number of aromatic nitrogens is 3. The summed E-state index contributed by atoms with van der Waals surface area (Å²) in [6.07, 6.45) is 5.25. The van der Waals surface area contributed by atoms with Crippen LogP contribution in [0.3, 0.4) is 0 Å². The summed E-state index contributed by atoms with van der Waals surface area (Å²) in [4.78, 5) is 24.3. The summed E-state index contributed by atoms with van der Waals surface area (Å²) >= 11 is 0. The molecule has 3 aromatic rings. The van der Waals surface area contributed by atoms with Crippen LogP contribution in [0.15, 0.2) is 42.6 Å². The Morgan fingerprint density at radius 2 is 2.08 bits per heavy atom. The summed E-state index contributed by atoms with van der Waals surface area (Å²) in [5, 5.41) is 13.2. The van der Waals surface area contributed by atoms with Gasteiger partial charge in [0.1, 0.15) is 5.69 Å². The van der Waals surface area contributed by atoms with Crippen LogP contribution in [0.1, 0.15) is 32.1 Å². The number of amides is 1. The Morgan fingerprint density at radius 3 is 2.84 bits per heavy atom. The van der Waals surface area contributed by atoms with Crippen molar-refractivity contribution >= 4 is 22.6 Å². The minimum Gasteiger partial charge on any atom is -0.389 e. The van der Waals surface area contributed by atoms with Crippen LogP contribution >= 0.6 is 0 Å². The molecule has 4 rings (SSSR count). The molecule has 0 spiro atoms. The van der Waals surface area contributed by atoms with Gasteiger partial charge in [0.05, 0.1) is 23.1 Å². The number of aliphatic hydroxyl groups is 1. The predicted octanol–water partition coefficient (Wildman–Crippen LogP) is 3.26. The molecule has 6 nitrogen and oxygen atoms in total. The van der Waals surface area contributed by atoms with Crippen LogP contribution in [0.25, 0.3) is 22.6 Å². The number of aromatic amines is 1. The van der Waals surface area contributed by atoms with Crippen molar-refractivity contribution in [3.05, 3.63) is 42.6 Å².